The fourth-order valence-corrected chi connectivity index (χ4v) is 6.40. The van der Waals surface area contributed by atoms with Gasteiger partial charge in [-0.25, -0.2) is 8.42 Å². The lowest BCUT2D eigenvalue weighted by Crippen LogP contribution is -2.27. The number of amides is 2. The molecule has 8 nitrogen and oxygen atoms in total. The minimum absolute atomic E-state index is 0.0396. The molecule has 1 atom stereocenters. The summed E-state index contributed by atoms with van der Waals surface area (Å²) in [5, 5.41) is 2.63. The van der Waals surface area contributed by atoms with Gasteiger partial charge in [0.05, 0.1) is 29.1 Å². The second-order valence-corrected chi connectivity index (χ2v) is 11.5. The molecule has 1 fully saturated rings. The summed E-state index contributed by atoms with van der Waals surface area (Å²) in [4.78, 5) is 27.1. The van der Waals surface area contributed by atoms with Gasteiger partial charge in [0.25, 0.3) is 15.9 Å². The highest BCUT2D eigenvalue weighted by molar-refractivity contribution is 8.00. The minimum Gasteiger partial charge on any atom is -0.467 e. The number of benzene rings is 3. The van der Waals surface area contributed by atoms with Crippen molar-refractivity contribution in [1.29, 1.82) is 0 Å². The summed E-state index contributed by atoms with van der Waals surface area (Å²) < 4.78 is 33.5. The molecule has 2 heterocycles. The molecule has 2 amide bonds. The summed E-state index contributed by atoms with van der Waals surface area (Å²) in [5.74, 6) is 0.817. The number of nitrogens with one attached hydrogen (secondary N) is 2. The van der Waals surface area contributed by atoms with Crippen molar-refractivity contribution in [3.8, 4) is 0 Å². The van der Waals surface area contributed by atoms with E-state index in [9.17, 15) is 18.0 Å². The molecule has 0 saturated carbocycles. The smallest absolute Gasteiger partial charge is 0.261 e. The number of para-hydroxylation sites is 1. The van der Waals surface area contributed by atoms with Gasteiger partial charge < -0.3 is 14.6 Å². The van der Waals surface area contributed by atoms with Gasteiger partial charge >= 0.3 is 0 Å². The largest absolute Gasteiger partial charge is 0.467 e. The minimum atomic E-state index is -3.77. The van der Waals surface area contributed by atoms with Crippen molar-refractivity contribution >= 4 is 45.0 Å². The van der Waals surface area contributed by atoms with E-state index in [-0.39, 0.29) is 22.1 Å². The Morgan fingerprint density at radius 2 is 1.74 bits per heavy atom. The molecule has 1 aromatic heterocycles. The standard InChI is InChI=1S/C28H25N3O5S2/c1-19-5-2-3-7-25(19)30-38(34,35)24-14-12-22(13-15-24)29-27(33)20-8-10-21(11-9-20)28-31(26(32)18-37-28)17-23-6-4-16-36-23/h2-16,28,30H,17-18H2,1H3,(H,29,33)/t28-/m0/s1. The first kappa shape index (κ1) is 25.6. The Labute approximate surface area is 225 Å². The van der Waals surface area contributed by atoms with Crippen molar-refractivity contribution in [1.82, 2.24) is 4.90 Å². The second-order valence-electron chi connectivity index (χ2n) is 8.79. The van der Waals surface area contributed by atoms with Crippen molar-refractivity contribution in [3.63, 3.8) is 0 Å². The molecule has 194 valence electrons. The summed E-state index contributed by atoms with van der Waals surface area (Å²) in [6.07, 6.45) is 1.58. The number of nitrogens with zero attached hydrogens (tertiary/aromatic N) is 1. The zero-order valence-corrected chi connectivity index (χ0v) is 22.1. The molecule has 3 aromatic carbocycles. The van der Waals surface area contributed by atoms with E-state index in [4.69, 9.17) is 4.42 Å². The predicted octanol–water partition coefficient (Wildman–Crippen LogP) is 5.42. The van der Waals surface area contributed by atoms with Crippen molar-refractivity contribution in [3.05, 3.63) is 114 Å². The van der Waals surface area contributed by atoms with Gasteiger partial charge in [-0.2, -0.15) is 0 Å². The first-order valence-electron chi connectivity index (χ1n) is 11.8. The van der Waals surface area contributed by atoms with Crippen molar-refractivity contribution < 1.29 is 22.4 Å². The summed E-state index contributed by atoms with van der Waals surface area (Å²) in [6.45, 7) is 2.21. The van der Waals surface area contributed by atoms with Crippen LogP contribution >= 0.6 is 11.8 Å². The number of hydrogen-bond acceptors (Lipinski definition) is 6. The number of furan rings is 1. The van der Waals surface area contributed by atoms with E-state index in [1.807, 2.05) is 37.3 Å². The number of sulfonamides is 1. The summed E-state index contributed by atoms with van der Waals surface area (Å²) >= 11 is 1.53. The first-order valence-corrected chi connectivity index (χ1v) is 14.4. The molecule has 0 bridgehead atoms. The second kappa shape index (κ2) is 10.8. The number of anilines is 2. The molecule has 4 aromatic rings. The van der Waals surface area contributed by atoms with Gasteiger partial charge in [0, 0.05) is 11.3 Å². The van der Waals surface area contributed by atoms with Crippen LogP contribution in [0.15, 0.2) is 101 Å². The third kappa shape index (κ3) is 5.61. The van der Waals surface area contributed by atoms with Crippen LogP contribution in [-0.2, 0) is 21.4 Å². The number of aryl methyl sites for hydroxylation is 1. The highest BCUT2D eigenvalue weighted by atomic mass is 32.2. The summed E-state index contributed by atoms with van der Waals surface area (Å²) in [7, 11) is -3.77. The van der Waals surface area contributed by atoms with E-state index in [0.717, 1.165) is 11.1 Å². The number of carbonyl (C=O) groups is 2. The molecule has 0 aliphatic carbocycles. The van der Waals surface area contributed by atoms with Crippen LogP contribution in [0.25, 0.3) is 0 Å². The molecule has 1 aliphatic rings. The van der Waals surface area contributed by atoms with Gasteiger partial charge in [-0.1, -0.05) is 30.3 Å². The first-order chi connectivity index (χ1) is 18.3. The zero-order valence-electron chi connectivity index (χ0n) is 20.5. The topological polar surface area (TPSA) is 109 Å². The van der Waals surface area contributed by atoms with Crippen LogP contribution in [0.3, 0.4) is 0 Å². The third-order valence-electron chi connectivity index (χ3n) is 6.14. The Hall–Kier alpha value is -4.02. The van der Waals surface area contributed by atoms with Crippen molar-refractivity contribution in [2.75, 3.05) is 15.8 Å². The number of hydrogen-bond donors (Lipinski definition) is 2. The van der Waals surface area contributed by atoms with Crippen LogP contribution in [0.2, 0.25) is 0 Å². The van der Waals surface area contributed by atoms with Crippen LogP contribution in [0.5, 0.6) is 0 Å². The van der Waals surface area contributed by atoms with E-state index in [1.54, 1.807) is 53.6 Å². The zero-order chi connectivity index (χ0) is 26.7. The molecule has 2 N–H and O–H groups in total. The number of rotatable bonds is 8. The summed E-state index contributed by atoms with van der Waals surface area (Å²) in [5.41, 5.74) is 3.15. The predicted molar refractivity (Wildman–Crippen MR) is 147 cm³/mol. The lowest BCUT2D eigenvalue weighted by atomic mass is 10.1. The molecule has 0 unspecified atom stereocenters. The monoisotopic (exact) mass is 547 g/mol. The normalized spacial score (nSPS) is 15.4. The maximum Gasteiger partial charge on any atom is 0.261 e. The molecule has 1 saturated heterocycles. The van der Waals surface area contributed by atoms with E-state index >= 15 is 0 Å². The maximum atomic E-state index is 12.8. The van der Waals surface area contributed by atoms with Crippen molar-refractivity contribution in [2.24, 2.45) is 0 Å². The van der Waals surface area contributed by atoms with Crippen molar-refractivity contribution in [2.45, 2.75) is 23.7 Å². The lowest BCUT2D eigenvalue weighted by molar-refractivity contribution is -0.128. The Kier molecular flexibility index (Phi) is 7.26. The van der Waals surface area contributed by atoms with Crippen LogP contribution < -0.4 is 10.0 Å². The Bertz CT molecular complexity index is 1550. The van der Waals surface area contributed by atoms with Crippen LogP contribution in [0.4, 0.5) is 11.4 Å². The average molecular weight is 548 g/mol. The van der Waals surface area contributed by atoms with E-state index in [0.29, 0.717) is 35.0 Å². The Morgan fingerprint density at radius 3 is 2.42 bits per heavy atom. The molecule has 0 radical (unpaired) electrons. The molecule has 5 rings (SSSR count). The fourth-order valence-electron chi connectivity index (χ4n) is 4.08. The lowest BCUT2D eigenvalue weighted by Gasteiger charge is -2.23. The Balaban J connectivity index is 1.23. The highest BCUT2D eigenvalue weighted by Gasteiger charge is 2.33. The highest BCUT2D eigenvalue weighted by Crippen LogP contribution is 2.39. The quantitative estimate of drug-likeness (QED) is 0.305. The SMILES string of the molecule is Cc1ccccc1NS(=O)(=O)c1ccc(NC(=O)c2ccc([C@@H]3SCC(=O)N3Cc3ccco3)cc2)cc1. The summed E-state index contributed by atoms with van der Waals surface area (Å²) in [6, 6.07) is 23.8. The van der Waals surface area contributed by atoms with E-state index in [2.05, 4.69) is 10.0 Å². The molecule has 1 aliphatic heterocycles. The molecular weight excluding hydrogens is 522 g/mol. The maximum absolute atomic E-state index is 12.8. The Morgan fingerprint density at radius 1 is 1.00 bits per heavy atom. The van der Waals surface area contributed by atoms with E-state index in [1.165, 1.54) is 23.9 Å². The van der Waals surface area contributed by atoms with Gasteiger partial charge in [0.2, 0.25) is 5.91 Å². The average Bonchev–Trinajstić information content (AvgIpc) is 3.56. The van der Waals surface area contributed by atoms with Gasteiger partial charge in [0.1, 0.15) is 11.1 Å². The van der Waals surface area contributed by atoms with E-state index < -0.39 is 10.0 Å². The van der Waals surface area contributed by atoms with Crippen LogP contribution in [0.1, 0.15) is 32.6 Å². The number of thioether (sulfide) groups is 1. The fraction of sp³-hybridized carbons (Fsp3) is 0.143. The van der Waals surface area contributed by atoms with Gasteiger partial charge in [0.15, 0.2) is 0 Å². The molecular formula is C28H25N3O5S2. The molecule has 38 heavy (non-hydrogen) atoms. The van der Waals surface area contributed by atoms with Gasteiger partial charge in [-0.3, -0.25) is 14.3 Å². The van der Waals surface area contributed by atoms with Gasteiger partial charge in [-0.15, -0.1) is 11.8 Å². The van der Waals surface area contributed by atoms with Crippen LogP contribution in [0, 0.1) is 6.92 Å². The third-order valence-corrected chi connectivity index (χ3v) is 8.78. The number of carbonyl (C=O) groups excluding carboxylic acids is 2. The molecule has 0 spiro atoms. The van der Waals surface area contributed by atoms with Crippen LogP contribution in [-0.4, -0.2) is 30.9 Å². The van der Waals surface area contributed by atoms with Gasteiger partial charge in [-0.05, 0) is 72.6 Å². The molecule has 10 heteroatoms.